The van der Waals surface area contributed by atoms with E-state index < -0.39 is 0 Å². The van der Waals surface area contributed by atoms with E-state index >= 15 is 0 Å². The van der Waals surface area contributed by atoms with Gasteiger partial charge >= 0.3 is 0 Å². The van der Waals surface area contributed by atoms with Gasteiger partial charge in [0.05, 0.1) is 0 Å². The van der Waals surface area contributed by atoms with Crippen LogP contribution in [0.2, 0.25) is 0 Å². The fourth-order valence-corrected chi connectivity index (χ4v) is 3.59. The highest BCUT2D eigenvalue weighted by Gasteiger charge is 2.19. The second-order valence-electron chi connectivity index (χ2n) is 4.92. The third-order valence-electron chi connectivity index (χ3n) is 3.63. The predicted molar refractivity (Wildman–Crippen MR) is 76.4 cm³/mol. The number of piperidine rings is 1. The third kappa shape index (κ3) is 2.33. The van der Waals surface area contributed by atoms with Crippen LogP contribution >= 0.6 is 11.3 Å². The molecule has 3 rings (SSSR count). The number of carbonyl (C=O) groups is 1. The second-order valence-corrected chi connectivity index (χ2v) is 5.83. The van der Waals surface area contributed by atoms with Crippen molar-refractivity contribution in [2.75, 3.05) is 6.54 Å². The number of thiophene rings is 1. The Morgan fingerprint density at radius 2 is 2.22 bits per heavy atom. The molecular weight excluding hydrogens is 242 g/mol. The Morgan fingerprint density at radius 1 is 1.33 bits per heavy atom. The first-order chi connectivity index (χ1) is 8.84. The Morgan fingerprint density at radius 3 is 3.06 bits per heavy atom. The topological polar surface area (TPSA) is 29.1 Å². The monoisotopic (exact) mass is 259 g/mol. The van der Waals surface area contributed by atoms with Gasteiger partial charge in [-0.3, -0.25) is 4.79 Å². The van der Waals surface area contributed by atoms with E-state index in [1.54, 1.807) is 11.3 Å². The molecule has 0 bridgehead atoms. The van der Waals surface area contributed by atoms with Crippen LogP contribution in [0.4, 0.5) is 0 Å². The van der Waals surface area contributed by atoms with Crippen LogP contribution in [0, 0.1) is 0 Å². The quantitative estimate of drug-likeness (QED) is 0.853. The van der Waals surface area contributed by atoms with Crippen LogP contribution in [0.3, 0.4) is 0 Å². The number of ketones is 1. The van der Waals surface area contributed by atoms with Crippen LogP contribution in [0.15, 0.2) is 29.6 Å². The molecular formula is C15H17NOS. The third-order valence-corrected chi connectivity index (χ3v) is 4.59. The lowest BCUT2D eigenvalue weighted by Gasteiger charge is -2.22. The van der Waals surface area contributed by atoms with E-state index in [9.17, 15) is 4.79 Å². The van der Waals surface area contributed by atoms with Crippen molar-refractivity contribution in [1.82, 2.24) is 5.32 Å². The maximum atomic E-state index is 12.4. The Hall–Kier alpha value is -1.19. The first-order valence-electron chi connectivity index (χ1n) is 6.57. The number of hydrogen-bond donors (Lipinski definition) is 1. The predicted octanol–water partition coefficient (Wildman–Crippen LogP) is 3.62. The molecule has 0 amide bonds. The first kappa shape index (κ1) is 11.9. The van der Waals surface area contributed by atoms with Crippen molar-refractivity contribution in [2.45, 2.75) is 31.7 Å². The maximum Gasteiger partial charge on any atom is 0.165 e. The van der Waals surface area contributed by atoms with Gasteiger partial charge in [0.15, 0.2) is 5.78 Å². The van der Waals surface area contributed by atoms with Gasteiger partial charge in [0.2, 0.25) is 0 Å². The van der Waals surface area contributed by atoms with Gasteiger partial charge in [-0.05, 0) is 25.5 Å². The van der Waals surface area contributed by atoms with Crippen LogP contribution in [-0.4, -0.2) is 18.4 Å². The standard InChI is InChI=1S/C15H17NOS/c17-14(9-11-5-3-4-8-16-11)13-10-18-15-7-2-1-6-12(13)15/h1-2,6-7,10-11,16H,3-5,8-9H2. The highest BCUT2D eigenvalue weighted by molar-refractivity contribution is 7.17. The molecule has 1 fully saturated rings. The zero-order valence-corrected chi connectivity index (χ0v) is 11.1. The van der Waals surface area contributed by atoms with E-state index in [4.69, 9.17) is 0 Å². The van der Waals surface area contributed by atoms with Crippen molar-refractivity contribution < 1.29 is 4.79 Å². The van der Waals surface area contributed by atoms with E-state index in [0.717, 1.165) is 23.9 Å². The molecule has 2 heterocycles. The van der Waals surface area contributed by atoms with E-state index in [-0.39, 0.29) is 5.78 Å². The normalized spacial score (nSPS) is 20.1. The van der Waals surface area contributed by atoms with Gasteiger partial charge in [0.25, 0.3) is 0 Å². The minimum atomic E-state index is 0.284. The van der Waals surface area contributed by atoms with E-state index in [1.165, 1.54) is 17.5 Å². The molecule has 94 valence electrons. The van der Waals surface area contributed by atoms with E-state index in [0.29, 0.717) is 12.5 Å². The van der Waals surface area contributed by atoms with Crippen molar-refractivity contribution in [3.8, 4) is 0 Å². The molecule has 18 heavy (non-hydrogen) atoms. The largest absolute Gasteiger partial charge is 0.314 e. The number of benzene rings is 1. The number of rotatable bonds is 3. The summed E-state index contributed by atoms with van der Waals surface area (Å²) >= 11 is 1.66. The number of hydrogen-bond acceptors (Lipinski definition) is 3. The van der Waals surface area contributed by atoms with Crippen LogP contribution in [0.1, 0.15) is 36.0 Å². The molecule has 2 nitrogen and oxygen atoms in total. The lowest BCUT2D eigenvalue weighted by Crippen LogP contribution is -2.35. The summed E-state index contributed by atoms with van der Waals surface area (Å²) in [5.41, 5.74) is 0.906. The van der Waals surface area contributed by atoms with Gasteiger partial charge in [-0.1, -0.05) is 24.6 Å². The smallest absolute Gasteiger partial charge is 0.165 e. The highest BCUT2D eigenvalue weighted by atomic mass is 32.1. The molecule has 1 N–H and O–H groups in total. The summed E-state index contributed by atoms with van der Waals surface area (Å²) in [4.78, 5) is 12.4. The van der Waals surface area contributed by atoms with Gasteiger partial charge in [-0.25, -0.2) is 0 Å². The van der Waals surface area contributed by atoms with E-state index in [2.05, 4.69) is 11.4 Å². The van der Waals surface area contributed by atoms with E-state index in [1.807, 2.05) is 23.6 Å². The SMILES string of the molecule is O=C(CC1CCCCN1)c1csc2ccccc12. The van der Waals surface area contributed by atoms with Gasteiger partial charge in [0.1, 0.15) is 0 Å². The highest BCUT2D eigenvalue weighted by Crippen LogP contribution is 2.27. The number of fused-ring (bicyclic) bond motifs is 1. The summed E-state index contributed by atoms with van der Waals surface area (Å²) in [6.45, 7) is 1.06. The number of Topliss-reactive ketones (excluding diaryl/α,β-unsaturated/α-hetero) is 1. The van der Waals surface area contributed by atoms with Crippen molar-refractivity contribution in [3.05, 3.63) is 35.2 Å². The van der Waals surface area contributed by atoms with Crippen LogP contribution in [0.5, 0.6) is 0 Å². The molecule has 1 atom stereocenters. The zero-order valence-electron chi connectivity index (χ0n) is 10.3. The lowest BCUT2D eigenvalue weighted by atomic mass is 9.97. The fraction of sp³-hybridized carbons (Fsp3) is 0.400. The minimum absolute atomic E-state index is 0.284. The Kier molecular flexibility index (Phi) is 3.43. The van der Waals surface area contributed by atoms with Crippen LogP contribution in [-0.2, 0) is 0 Å². The Labute approximate surface area is 111 Å². The Bertz CT molecular complexity index is 554. The molecule has 0 spiro atoms. The molecule has 1 aliphatic rings. The van der Waals surface area contributed by atoms with Crippen molar-refractivity contribution in [2.24, 2.45) is 0 Å². The van der Waals surface area contributed by atoms with Crippen LogP contribution < -0.4 is 5.32 Å². The molecule has 1 unspecified atom stereocenters. The molecule has 1 aliphatic heterocycles. The first-order valence-corrected chi connectivity index (χ1v) is 7.45. The average Bonchev–Trinajstić information content (AvgIpc) is 2.84. The zero-order chi connectivity index (χ0) is 12.4. The van der Waals surface area contributed by atoms with Crippen LogP contribution in [0.25, 0.3) is 10.1 Å². The summed E-state index contributed by atoms with van der Waals surface area (Å²) in [6, 6.07) is 8.54. The average molecular weight is 259 g/mol. The summed E-state index contributed by atoms with van der Waals surface area (Å²) in [7, 11) is 0. The Balaban J connectivity index is 1.79. The summed E-state index contributed by atoms with van der Waals surface area (Å²) in [5, 5.41) is 6.57. The molecule has 1 saturated heterocycles. The van der Waals surface area contributed by atoms with Gasteiger partial charge in [-0.15, -0.1) is 11.3 Å². The molecule has 2 aromatic rings. The molecule has 3 heteroatoms. The van der Waals surface area contributed by atoms with Gasteiger partial charge in [-0.2, -0.15) is 0 Å². The number of nitrogens with one attached hydrogen (secondary N) is 1. The summed E-state index contributed by atoms with van der Waals surface area (Å²) in [5.74, 6) is 0.284. The molecule has 1 aromatic carbocycles. The molecule has 0 radical (unpaired) electrons. The van der Waals surface area contributed by atoms with Crippen molar-refractivity contribution >= 4 is 27.2 Å². The van der Waals surface area contributed by atoms with Crippen molar-refractivity contribution in [3.63, 3.8) is 0 Å². The van der Waals surface area contributed by atoms with Gasteiger partial charge < -0.3 is 5.32 Å². The molecule has 1 aromatic heterocycles. The lowest BCUT2D eigenvalue weighted by molar-refractivity contribution is 0.0965. The summed E-state index contributed by atoms with van der Waals surface area (Å²) < 4.78 is 1.21. The second kappa shape index (κ2) is 5.21. The maximum absolute atomic E-state index is 12.4. The van der Waals surface area contributed by atoms with Crippen molar-refractivity contribution in [1.29, 1.82) is 0 Å². The van der Waals surface area contributed by atoms with Gasteiger partial charge in [0, 0.05) is 33.5 Å². The minimum Gasteiger partial charge on any atom is -0.314 e. The molecule has 0 aliphatic carbocycles. The number of carbonyl (C=O) groups excluding carboxylic acids is 1. The summed E-state index contributed by atoms with van der Waals surface area (Å²) in [6.07, 6.45) is 4.26. The fourth-order valence-electron chi connectivity index (χ4n) is 2.63. The molecule has 0 saturated carbocycles.